The Kier molecular flexibility index (Phi) is 3.61. The van der Waals surface area contributed by atoms with E-state index in [1.54, 1.807) is 6.07 Å². The van der Waals surface area contributed by atoms with E-state index in [9.17, 15) is 10.1 Å². The van der Waals surface area contributed by atoms with Crippen molar-refractivity contribution < 1.29 is 4.92 Å². The molecule has 0 radical (unpaired) electrons. The van der Waals surface area contributed by atoms with Crippen LogP contribution >= 0.6 is 23.4 Å². The summed E-state index contributed by atoms with van der Waals surface area (Å²) in [6.07, 6.45) is 0. The molecule has 0 bridgehead atoms. The Morgan fingerprint density at radius 3 is 2.57 bits per heavy atom. The van der Waals surface area contributed by atoms with E-state index in [0.29, 0.717) is 10.4 Å². The van der Waals surface area contributed by atoms with E-state index < -0.39 is 0 Å². The lowest BCUT2D eigenvalue weighted by atomic mass is 10.2. The minimum atomic E-state index is -0.346. The molecule has 0 atom stereocenters. The molecule has 21 heavy (non-hydrogen) atoms. The molecule has 0 unspecified atom stereocenters. The monoisotopic (exact) mass is 318 g/mol. The maximum absolute atomic E-state index is 11.2. The van der Waals surface area contributed by atoms with Crippen molar-refractivity contribution in [1.29, 1.82) is 0 Å². The van der Waals surface area contributed by atoms with E-state index in [0.717, 1.165) is 21.0 Å². The fraction of sp³-hybridized carbons (Fsp3) is 0.0667. The van der Waals surface area contributed by atoms with Crippen LogP contribution in [0.15, 0.2) is 52.3 Å². The molecule has 2 aromatic carbocycles. The van der Waals surface area contributed by atoms with Crippen LogP contribution in [0.5, 0.6) is 0 Å². The first-order valence-electron chi connectivity index (χ1n) is 6.25. The highest BCUT2D eigenvalue weighted by molar-refractivity contribution is 7.99. The highest BCUT2D eigenvalue weighted by Crippen LogP contribution is 2.40. The van der Waals surface area contributed by atoms with Crippen LogP contribution in [0, 0.1) is 17.0 Å². The normalized spacial score (nSPS) is 11.0. The summed E-state index contributed by atoms with van der Waals surface area (Å²) in [6.45, 7) is 1.92. The third-order valence-corrected chi connectivity index (χ3v) is 4.64. The van der Waals surface area contributed by atoms with Crippen molar-refractivity contribution in [2.75, 3.05) is 0 Å². The largest absolute Gasteiger partial charge is 0.357 e. The molecule has 0 amide bonds. The molecule has 106 valence electrons. The van der Waals surface area contributed by atoms with Gasteiger partial charge in [0.15, 0.2) is 0 Å². The number of aromatic amines is 1. The van der Waals surface area contributed by atoms with Gasteiger partial charge >= 0.3 is 0 Å². The molecular formula is C15H11ClN2O2S. The number of fused-ring (bicyclic) bond motifs is 1. The van der Waals surface area contributed by atoms with Crippen LogP contribution in [-0.4, -0.2) is 9.91 Å². The number of hydrogen-bond donors (Lipinski definition) is 1. The van der Waals surface area contributed by atoms with Gasteiger partial charge in [-0.1, -0.05) is 29.4 Å². The molecule has 0 fully saturated rings. The summed E-state index contributed by atoms with van der Waals surface area (Å²) in [4.78, 5) is 16.0. The Labute approximate surface area is 130 Å². The molecule has 0 saturated heterocycles. The van der Waals surface area contributed by atoms with Crippen molar-refractivity contribution in [2.45, 2.75) is 16.7 Å². The first-order chi connectivity index (χ1) is 10.1. The SMILES string of the molecule is Cc1[nH]c2cccc([N+](=O)[O-])c2c1Sc1ccc(Cl)cc1. The Morgan fingerprint density at radius 2 is 1.90 bits per heavy atom. The van der Waals surface area contributed by atoms with Gasteiger partial charge in [-0.05, 0) is 37.3 Å². The number of nitro benzene ring substituents is 1. The fourth-order valence-electron chi connectivity index (χ4n) is 2.23. The molecule has 0 aliphatic carbocycles. The number of non-ortho nitro benzene ring substituents is 1. The van der Waals surface area contributed by atoms with E-state index in [2.05, 4.69) is 4.98 Å². The zero-order valence-corrected chi connectivity index (χ0v) is 12.7. The second-order valence-corrected chi connectivity index (χ2v) is 6.11. The van der Waals surface area contributed by atoms with Crippen LogP contribution in [0.4, 0.5) is 5.69 Å². The Bertz CT molecular complexity index is 828. The summed E-state index contributed by atoms with van der Waals surface area (Å²) in [5, 5.41) is 12.6. The molecule has 1 N–H and O–H groups in total. The minimum Gasteiger partial charge on any atom is -0.357 e. The molecule has 1 aromatic heterocycles. The molecule has 3 aromatic rings. The predicted octanol–water partition coefficient (Wildman–Crippen LogP) is 5.19. The van der Waals surface area contributed by atoms with Gasteiger partial charge in [0, 0.05) is 26.6 Å². The van der Waals surface area contributed by atoms with Gasteiger partial charge < -0.3 is 4.98 Å². The lowest BCUT2D eigenvalue weighted by Crippen LogP contribution is -1.88. The Hall–Kier alpha value is -1.98. The van der Waals surface area contributed by atoms with Gasteiger partial charge in [0.05, 0.1) is 15.8 Å². The second kappa shape index (κ2) is 5.42. The van der Waals surface area contributed by atoms with Crippen molar-refractivity contribution in [2.24, 2.45) is 0 Å². The smallest absolute Gasteiger partial charge is 0.279 e. The number of rotatable bonds is 3. The Morgan fingerprint density at radius 1 is 1.19 bits per heavy atom. The molecule has 1 heterocycles. The number of H-pyrrole nitrogens is 1. The highest BCUT2D eigenvalue weighted by atomic mass is 35.5. The van der Waals surface area contributed by atoms with Gasteiger partial charge in [-0.3, -0.25) is 10.1 Å². The molecule has 3 rings (SSSR count). The number of hydrogen-bond acceptors (Lipinski definition) is 3. The van der Waals surface area contributed by atoms with Gasteiger partial charge in [-0.25, -0.2) is 0 Å². The number of nitrogens with zero attached hydrogens (tertiary/aromatic N) is 1. The number of nitrogens with one attached hydrogen (secondary N) is 1. The Balaban J connectivity index is 2.15. The summed E-state index contributed by atoms with van der Waals surface area (Å²) in [7, 11) is 0. The summed E-state index contributed by atoms with van der Waals surface area (Å²) in [5.41, 5.74) is 1.81. The van der Waals surface area contributed by atoms with Crippen LogP contribution in [0.2, 0.25) is 5.02 Å². The average molecular weight is 319 g/mol. The zero-order chi connectivity index (χ0) is 15.0. The number of aromatic nitrogens is 1. The average Bonchev–Trinajstić information content (AvgIpc) is 2.77. The lowest BCUT2D eigenvalue weighted by Gasteiger charge is -2.02. The maximum Gasteiger partial charge on any atom is 0.279 e. The summed E-state index contributed by atoms with van der Waals surface area (Å²) >= 11 is 7.38. The molecule has 0 aliphatic heterocycles. The molecule has 0 aliphatic rings. The first kappa shape index (κ1) is 14.0. The highest BCUT2D eigenvalue weighted by Gasteiger charge is 2.19. The van der Waals surface area contributed by atoms with Crippen LogP contribution in [0.3, 0.4) is 0 Å². The first-order valence-corrected chi connectivity index (χ1v) is 7.45. The van der Waals surface area contributed by atoms with Crippen LogP contribution in [-0.2, 0) is 0 Å². The lowest BCUT2D eigenvalue weighted by molar-refractivity contribution is -0.383. The quantitative estimate of drug-likeness (QED) is 0.534. The van der Waals surface area contributed by atoms with Crippen molar-refractivity contribution in [3.63, 3.8) is 0 Å². The molecule has 4 nitrogen and oxygen atoms in total. The van der Waals surface area contributed by atoms with Crippen molar-refractivity contribution in [1.82, 2.24) is 4.98 Å². The summed E-state index contributed by atoms with van der Waals surface area (Å²) in [6, 6.07) is 12.5. The van der Waals surface area contributed by atoms with Gasteiger partial charge in [0.1, 0.15) is 0 Å². The summed E-state index contributed by atoms with van der Waals surface area (Å²) < 4.78 is 0. The summed E-state index contributed by atoms with van der Waals surface area (Å²) in [5.74, 6) is 0. The van der Waals surface area contributed by atoms with Gasteiger partial charge in [-0.15, -0.1) is 0 Å². The predicted molar refractivity (Wildman–Crippen MR) is 85.3 cm³/mol. The molecule has 6 heteroatoms. The van der Waals surface area contributed by atoms with Gasteiger partial charge in [0.25, 0.3) is 5.69 Å². The van der Waals surface area contributed by atoms with Crippen LogP contribution < -0.4 is 0 Å². The van der Waals surface area contributed by atoms with Gasteiger partial charge in [0.2, 0.25) is 0 Å². The maximum atomic E-state index is 11.2. The van der Waals surface area contributed by atoms with E-state index in [4.69, 9.17) is 11.6 Å². The molecular weight excluding hydrogens is 308 g/mol. The molecule has 0 spiro atoms. The standard InChI is InChI=1S/C15H11ClN2O2S/c1-9-15(21-11-7-5-10(16)6-8-11)14-12(17-9)3-2-4-13(14)18(19)20/h2-8,17H,1H3. The third-order valence-electron chi connectivity index (χ3n) is 3.16. The number of nitro groups is 1. The topological polar surface area (TPSA) is 58.9 Å². The number of benzene rings is 2. The van der Waals surface area contributed by atoms with Crippen molar-refractivity contribution in [3.05, 3.63) is 63.3 Å². The van der Waals surface area contributed by atoms with Crippen LogP contribution in [0.1, 0.15) is 5.69 Å². The minimum absolute atomic E-state index is 0.119. The third kappa shape index (κ3) is 2.62. The fourth-order valence-corrected chi connectivity index (χ4v) is 3.38. The molecule has 0 saturated carbocycles. The van der Waals surface area contributed by atoms with E-state index in [1.165, 1.54) is 17.8 Å². The van der Waals surface area contributed by atoms with E-state index in [-0.39, 0.29) is 10.6 Å². The number of aryl methyl sites for hydroxylation is 1. The van der Waals surface area contributed by atoms with Crippen LogP contribution in [0.25, 0.3) is 10.9 Å². The van der Waals surface area contributed by atoms with Crippen molar-refractivity contribution >= 4 is 40.0 Å². The van der Waals surface area contributed by atoms with E-state index in [1.807, 2.05) is 37.3 Å². The zero-order valence-electron chi connectivity index (χ0n) is 11.1. The van der Waals surface area contributed by atoms with Gasteiger partial charge in [-0.2, -0.15) is 0 Å². The number of halogens is 1. The van der Waals surface area contributed by atoms with E-state index >= 15 is 0 Å². The second-order valence-electron chi connectivity index (χ2n) is 4.59. The van der Waals surface area contributed by atoms with Crippen molar-refractivity contribution in [3.8, 4) is 0 Å².